The standard InChI is InChI=1S/C13H19FO.C2H6/c1-5-6-10-7-12(14)13(15-4)8-11(10)9(2)3;1-2/h7-9H,5-6H2,1-4H3;1-2H3. The molecule has 2 heteroatoms. The first-order valence-corrected chi connectivity index (χ1v) is 6.46. The van der Waals surface area contributed by atoms with E-state index >= 15 is 0 Å². The van der Waals surface area contributed by atoms with Crippen molar-refractivity contribution in [1.29, 1.82) is 0 Å². The maximum Gasteiger partial charge on any atom is 0.165 e. The highest BCUT2D eigenvalue weighted by molar-refractivity contribution is 5.38. The van der Waals surface area contributed by atoms with Gasteiger partial charge in [0.2, 0.25) is 0 Å². The third-order valence-corrected chi connectivity index (χ3v) is 2.55. The first-order valence-electron chi connectivity index (χ1n) is 6.46. The first-order chi connectivity index (χ1) is 8.10. The number of benzene rings is 1. The first kappa shape index (κ1) is 16.0. The fourth-order valence-electron chi connectivity index (χ4n) is 1.79. The number of halogens is 1. The molecule has 0 aliphatic heterocycles. The summed E-state index contributed by atoms with van der Waals surface area (Å²) in [6.45, 7) is 10.3. The van der Waals surface area contributed by atoms with Crippen LogP contribution in [0.15, 0.2) is 12.1 Å². The lowest BCUT2D eigenvalue weighted by molar-refractivity contribution is 0.385. The average molecular weight is 240 g/mol. The van der Waals surface area contributed by atoms with Crippen LogP contribution in [-0.2, 0) is 6.42 Å². The van der Waals surface area contributed by atoms with Gasteiger partial charge in [0.25, 0.3) is 0 Å². The molecule has 0 radical (unpaired) electrons. The van der Waals surface area contributed by atoms with Gasteiger partial charge in [0.15, 0.2) is 11.6 Å². The number of hydrogen-bond donors (Lipinski definition) is 0. The molecular formula is C15H25FO. The molecule has 1 aromatic rings. The molecule has 0 unspecified atom stereocenters. The Labute approximate surface area is 105 Å². The quantitative estimate of drug-likeness (QED) is 0.724. The predicted molar refractivity (Wildman–Crippen MR) is 72.4 cm³/mol. The Morgan fingerprint density at radius 1 is 1.24 bits per heavy atom. The van der Waals surface area contributed by atoms with Gasteiger partial charge in [-0.15, -0.1) is 0 Å². The van der Waals surface area contributed by atoms with E-state index in [-0.39, 0.29) is 5.82 Å². The average Bonchev–Trinajstić information content (AvgIpc) is 2.32. The summed E-state index contributed by atoms with van der Waals surface area (Å²) >= 11 is 0. The zero-order valence-electron chi connectivity index (χ0n) is 11.9. The molecule has 1 rings (SSSR count). The highest BCUT2D eigenvalue weighted by Crippen LogP contribution is 2.28. The van der Waals surface area contributed by atoms with Gasteiger partial charge in [-0.3, -0.25) is 0 Å². The van der Waals surface area contributed by atoms with E-state index in [1.165, 1.54) is 12.7 Å². The van der Waals surface area contributed by atoms with Crippen LogP contribution in [0.2, 0.25) is 0 Å². The highest BCUT2D eigenvalue weighted by atomic mass is 19.1. The van der Waals surface area contributed by atoms with Crippen molar-refractivity contribution >= 4 is 0 Å². The van der Waals surface area contributed by atoms with Crippen molar-refractivity contribution in [3.63, 3.8) is 0 Å². The van der Waals surface area contributed by atoms with Crippen LogP contribution < -0.4 is 4.74 Å². The van der Waals surface area contributed by atoms with Crippen molar-refractivity contribution in [2.75, 3.05) is 7.11 Å². The van der Waals surface area contributed by atoms with Gasteiger partial charge < -0.3 is 4.74 Å². The van der Waals surface area contributed by atoms with Crippen LogP contribution in [0.3, 0.4) is 0 Å². The van der Waals surface area contributed by atoms with Crippen LogP contribution in [-0.4, -0.2) is 7.11 Å². The maximum atomic E-state index is 13.5. The maximum absolute atomic E-state index is 13.5. The summed E-state index contributed by atoms with van der Waals surface area (Å²) in [4.78, 5) is 0. The molecule has 0 fully saturated rings. The Hall–Kier alpha value is -1.05. The van der Waals surface area contributed by atoms with Crippen molar-refractivity contribution in [3.05, 3.63) is 29.1 Å². The topological polar surface area (TPSA) is 9.23 Å². The summed E-state index contributed by atoms with van der Waals surface area (Å²) in [7, 11) is 1.50. The van der Waals surface area contributed by atoms with E-state index in [1.54, 1.807) is 6.07 Å². The molecule has 0 saturated carbocycles. The zero-order valence-corrected chi connectivity index (χ0v) is 11.9. The summed E-state index contributed by atoms with van der Waals surface area (Å²) in [5, 5.41) is 0. The molecular weight excluding hydrogens is 215 g/mol. The molecule has 0 aliphatic rings. The fraction of sp³-hybridized carbons (Fsp3) is 0.600. The third-order valence-electron chi connectivity index (χ3n) is 2.55. The van der Waals surface area contributed by atoms with E-state index in [0.29, 0.717) is 11.7 Å². The lowest BCUT2D eigenvalue weighted by atomic mass is 9.94. The van der Waals surface area contributed by atoms with Gasteiger partial charge in [0, 0.05) is 0 Å². The SMILES string of the molecule is CC.CCCc1cc(F)c(OC)cc1C(C)C. The molecule has 0 aliphatic carbocycles. The van der Waals surface area contributed by atoms with Gasteiger partial charge in [0.05, 0.1) is 7.11 Å². The Morgan fingerprint density at radius 3 is 2.24 bits per heavy atom. The molecule has 0 saturated heterocycles. The summed E-state index contributed by atoms with van der Waals surface area (Å²) in [5.74, 6) is 0.491. The second kappa shape index (κ2) is 8.10. The van der Waals surface area contributed by atoms with E-state index in [2.05, 4.69) is 20.8 Å². The number of hydrogen-bond acceptors (Lipinski definition) is 1. The Kier molecular flexibility index (Phi) is 7.60. The van der Waals surface area contributed by atoms with E-state index in [4.69, 9.17) is 4.74 Å². The van der Waals surface area contributed by atoms with Crippen molar-refractivity contribution in [3.8, 4) is 5.75 Å². The smallest absolute Gasteiger partial charge is 0.165 e. The molecule has 1 nitrogen and oxygen atoms in total. The normalized spacial score (nSPS) is 9.88. The summed E-state index contributed by atoms with van der Waals surface area (Å²) in [6, 6.07) is 3.43. The molecule has 1 aromatic carbocycles. The summed E-state index contributed by atoms with van der Waals surface area (Å²) in [5.41, 5.74) is 2.29. The molecule has 17 heavy (non-hydrogen) atoms. The number of ether oxygens (including phenoxy) is 1. The second-order valence-electron chi connectivity index (χ2n) is 4.09. The summed E-state index contributed by atoms with van der Waals surface area (Å²) in [6.07, 6.45) is 1.96. The van der Waals surface area contributed by atoms with Crippen LogP contribution in [0, 0.1) is 5.82 Å². The monoisotopic (exact) mass is 240 g/mol. The van der Waals surface area contributed by atoms with E-state index < -0.39 is 0 Å². The minimum Gasteiger partial charge on any atom is -0.494 e. The minimum absolute atomic E-state index is 0.259. The summed E-state index contributed by atoms with van der Waals surface area (Å²) < 4.78 is 18.5. The third kappa shape index (κ3) is 4.37. The van der Waals surface area contributed by atoms with Gasteiger partial charge >= 0.3 is 0 Å². The Morgan fingerprint density at radius 2 is 1.82 bits per heavy atom. The van der Waals surface area contributed by atoms with Gasteiger partial charge in [-0.1, -0.05) is 41.0 Å². The number of rotatable bonds is 4. The van der Waals surface area contributed by atoms with Crippen LogP contribution in [0.25, 0.3) is 0 Å². The van der Waals surface area contributed by atoms with Crippen molar-refractivity contribution in [1.82, 2.24) is 0 Å². The fourth-order valence-corrected chi connectivity index (χ4v) is 1.79. The molecule has 0 amide bonds. The lowest BCUT2D eigenvalue weighted by Gasteiger charge is -2.14. The number of methoxy groups -OCH3 is 1. The van der Waals surface area contributed by atoms with Crippen LogP contribution >= 0.6 is 0 Å². The van der Waals surface area contributed by atoms with E-state index in [1.807, 2.05) is 19.9 Å². The van der Waals surface area contributed by atoms with Crippen molar-refractivity contribution < 1.29 is 9.13 Å². The zero-order chi connectivity index (χ0) is 13.4. The molecule has 98 valence electrons. The molecule has 0 bridgehead atoms. The van der Waals surface area contributed by atoms with Gasteiger partial charge in [-0.05, 0) is 35.6 Å². The largest absolute Gasteiger partial charge is 0.494 e. The highest BCUT2D eigenvalue weighted by Gasteiger charge is 2.12. The van der Waals surface area contributed by atoms with E-state index in [0.717, 1.165) is 18.4 Å². The molecule has 0 atom stereocenters. The van der Waals surface area contributed by atoms with Crippen LogP contribution in [0.4, 0.5) is 4.39 Å². The Balaban J connectivity index is 0.00000121. The van der Waals surface area contributed by atoms with Crippen molar-refractivity contribution in [2.24, 2.45) is 0 Å². The van der Waals surface area contributed by atoms with Gasteiger partial charge in [-0.25, -0.2) is 4.39 Å². The molecule has 0 spiro atoms. The molecule has 0 aromatic heterocycles. The van der Waals surface area contributed by atoms with Gasteiger partial charge in [0.1, 0.15) is 0 Å². The minimum atomic E-state index is -0.259. The Bertz CT molecular complexity index is 332. The molecule has 0 N–H and O–H groups in total. The van der Waals surface area contributed by atoms with Gasteiger partial charge in [-0.2, -0.15) is 0 Å². The lowest BCUT2D eigenvalue weighted by Crippen LogP contribution is -2.00. The van der Waals surface area contributed by atoms with E-state index in [9.17, 15) is 4.39 Å². The van der Waals surface area contributed by atoms with Crippen molar-refractivity contribution in [2.45, 2.75) is 53.4 Å². The predicted octanol–water partition coefficient (Wildman–Crippen LogP) is 4.94. The van der Waals surface area contributed by atoms with Crippen LogP contribution in [0.5, 0.6) is 5.75 Å². The second-order valence-corrected chi connectivity index (χ2v) is 4.09. The molecule has 0 heterocycles. The number of aryl methyl sites for hydroxylation is 1. The van der Waals surface area contributed by atoms with Crippen LogP contribution in [0.1, 0.15) is 58.1 Å².